The maximum absolute atomic E-state index is 11.4. The molecule has 18 heavy (non-hydrogen) atoms. The van der Waals surface area contributed by atoms with Crippen LogP contribution in [0.5, 0.6) is 0 Å². The number of H-pyrrole nitrogens is 2. The SMILES string of the molecule is N#Cc1c(-c2ccc(Cl)cc2Cl)[nH]c(=O)[nH]c1=S. The van der Waals surface area contributed by atoms with Gasteiger partial charge in [-0.2, -0.15) is 5.26 Å². The van der Waals surface area contributed by atoms with Crippen LogP contribution >= 0.6 is 35.4 Å². The zero-order valence-electron chi connectivity index (χ0n) is 8.75. The lowest BCUT2D eigenvalue weighted by atomic mass is 10.1. The molecule has 1 heterocycles. The molecule has 0 spiro atoms. The zero-order valence-corrected chi connectivity index (χ0v) is 11.1. The molecular weight excluding hydrogens is 293 g/mol. The lowest BCUT2D eigenvalue weighted by Gasteiger charge is -2.06. The summed E-state index contributed by atoms with van der Waals surface area (Å²) in [4.78, 5) is 16.2. The second-order valence-corrected chi connectivity index (χ2v) is 4.65. The van der Waals surface area contributed by atoms with Crippen LogP contribution in [0.4, 0.5) is 0 Å². The molecule has 0 fully saturated rings. The molecule has 0 amide bonds. The minimum atomic E-state index is -0.500. The van der Waals surface area contributed by atoms with Gasteiger partial charge in [-0.3, -0.25) is 4.98 Å². The largest absolute Gasteiger partial charge is 0.324 e. The van der Waals surface area contributed by atoms with E-state index < -0.39 is 5.69 Å². The van der Waals surface area contributed by atoms with E-state index in [0.717, 1.165) is 0 Å². The van der Waals surface area contributed by atoms with Gasteiger partial charge in [-0.05, 0) is 18.2 Å². The summed E-state index contributed by atoms with van der Waals surface area (Å²) in [5, 5.41) is 9.86. The molecule has 1 aromatic heterocycles. The van der Waals surface area contributed by atoms with Gasteiger partial charge in [0.05, 0.1) is 10.7 Å². The maximum Gasteiger partial charge on any atom is 0.324 e. The van der Waals surface area contributed by atoms with Gasteiger partial charge in [0.1, 0.15) is 16.3 Å². The first-order valence-corrected chi connectivity index (χ1v) is 5.91. The van der Waals surface area contributed by atoms with E-state index in [0.29, 0.717) is 15.6 Å². The Morgan fingerprint density at radius 1 is 1.28 bits per heavy atom. The molecule has 90 valence electrons. The molecule has 0 saturated heterocycles. The average molecular weight is 298 g/mol. The Kier molecular flexibility index (Phi) is 3.53. The summed E-state index contributed by atoms with van der Waals surface area (Å²) in [5.74, 6) is 0. The number of rotatable bonds is 1. The van der Waals surface area contributed by atoms with Gasteiger partial charge in [-0.1, -0.05) is 35.4 Å². The molecule has 0 unspecified atom stereocenters. The Hall–Kier alpha value is -1.61. The smallest absolute Gasteiger partial charge is 0.306 e. The van der Waals surface area contributed by atoms with Crippen molar-refractivity contribution in [2.45, 2.75) is 0 Å². The summed E-state index contributed by atoms with van der Waals surface area (Å²) in [6.07, 6.45) is 0. The Morgan fingerprint density at radius 2 is 2.00 bits per heavy atom. The molecule has 0 radical (unpaired) electrons. The fraction of sp³-hybridized carbons (Fsp3) is 0. The van der Waals surface area contributed by atoms with Crippen molar-refractivity contribution in [3.05, 3.63) is 48.9 Å². The molecule has 0 aliphatic rings. The lowest BCUT2D eigenvalue weighted by Crippen LogP contribution is -2.13. The number of nitrogens with zero attached hydrogens (tertiary/aromatic N) is 1. The van der Waals surface area contributed by atoms with Gasteiger partial charge in [-0.25, -0.2) is 4.79 Å². The predicted octanol–water partition coefficient (Wildman–Crippen LogP) is 3.28. The van der Waals surface area contributed by atoms with Gasteiger partial charge < -0.3 is 4.98 Å². The molecule has 4 nitrogen and oxygen atoms in total. The van der Waals surface area contributed by atoms with Crippen LogP contribution in [0.3, 0.4) is 0 Å². The topological polar surface area (TPSA) is 72.4 Å². The van der Waals surface area contributed by atoms with E-state index in [1.165, 1.54) is 6.07 Å². The molecule has 0 bridgehead atoms. The molecule has 2 aromatic rings. The van der Waals surface area contributed by atoms with E-state index in [-0.39, 0.29) is 15.9 Å². The third-order valence-electron chi connectivity index (χ3n) is 2.25. The molecule has 2 rings (SSSR count). The van der Waals surface area contributed by atoms with Crippen LogP contribution in [0.25, 0.3) is 11.3 Å². The minimum Gasteiger partial charge on any atom is -0.306 e. The van der Waals surface area contributed by atoms with Crippen molar-refractivity contribution in [2.24, 2.45) is 0 Å². The Balaban J connectivity index is 2.83. The van der Waals surface area contributed by atoms with E-state index in [2.05, 4.69) is 9.97 Å². The molecule has 2 N–H and O–H groups in total. The second kappa shape index (κ2) is 4.94. The first kappa shape index (κ1) is 12.8. The Bertz CT molecular complexity index is 773. The molecule has 0 aliphatic heterocycles. The molecule has 1 aromatic carbocycles. The van der Waals surface area contributed by atoms with Gasteiger partial charge in [0, 0.05) is 10.6 Å². The molecule has 0 atom stereocenters. The van der Waals surface area contributed by atoms with Crippen LogP contribution < -0.4 is 5.69 Å². The average Bonchev–Trinajstić information content (AvgIpc) is 2.28. The number of halogens is 2. The van der Waals surface area contributed by atoms with Crippen molar-refractivity contribution in [1.29, 1.82) is 5.26 Å². The highest BCUT2D eigenvalue weighted by Crippen LogP contribution is 2.30. The standard InChI is InChI=1S/C11H5Cl2N3OS/c12-5-1-2-6(8(13)3-5)9-7(4-14)10(18)16-11(17)15-9/h1-3H,(H2,15,16,17,18). The number of hydrogen-bond donors (Lipinski definition) is 2. The number of nitrogens with one attached hydrogen (secondary N) is 2. The second-order valence-electron chi connectivity index (χ2n) is 3.39. The highest BCUT2D eigenvalue weighted by molar-refractivity contribution is 7.71. The van der Waals surface area contributed by atoms with E-state index in [1.807, 2.05) is 6.07 Å². The fourth-order valence-electron chi connectivity index (χ4n) is 1.49. The van der Waals surface area contributed by atoms with Crippen molar-refractivity contribution >= 4 is 35.4 Å². The first-order valence-electron chi connectivity index (χ1n) is 4.75. The number of aromatic nitrogens is 2. The monoisotopic (exact) mass is 297 g/mol. The van der Waals surface area contributed by atoms with Gasteiger partial charge in [0.25, 0.3) is 0 Å². The quantitative estimate of drug-likeness (QED) is 0.794. The molecule has 0 aliphatic carbocycles. The van der Waals surface area contributed by atoms with Crippen molar-refractivity contribution in [2.75, 3.05) is 0 Å². The van der Waals surface area contributed by atoms with Gasteiger partial charge in [0.2, 0.25) is 0 Å². The van der Waals surface area contributed by atoms with Crippen LogP contribution in [0.15, 0.2) is 23.0 Å². The van der Waals surface area contributed by atoms with Gasteiger partial charge in [-0.15, -0.1) is 0 Å². The predicted molar refractivity (Wildman–Crippen MR) is 72.4 cm³/mol. The molecular formula is C11H5Cl2N3OS. The van der Waals surface area contributed by atoms with Crippen molar-refractivity contribution in [1.82, 2.24) is 9.97 Å². The third-order valence-corrected chi connectivity index (χ3v) is 3.11. The highest BCUT2D eigenvalue weighted by Gasteiger charge is 2.12. The van der Waals surface area contributed by atoms with Gasteiger partial charge >= 0.3 is 5.69 Å². The summed E-state index contributed by atoms with van der Waals surface area (Å²) < 4.78 is 0.0715. The lowest BCUT2D eigenvalue weighted by molar-refractivity contribution is 1.06. The Labute approximate surface area is 117 Å². The molecule has 7 heteroatoms. The third kappa shape index (κ3) is 2.31. The van der Waals surface area contributed by atoms with Crippen molar-refractivity contribution in [3.8, 4) is 17.3 Å². The van der Waals surface area contributed by atoms with Crippen LogP contribution in [0.2, 0.25) is 10.0 Å². The first-order chi connectivity index (χ1) is 8.52. The summed E-state index contributed by atoms with van der Waals surface area (Å²) in [6, 6.07) is 6.69. The van der Waals surface area contributed by atoms with Gasteiger partial charge in [0.15, 0.2) is 0 Å². The fourth-order valence-corrected chi connectivity index (χ4v) is 2.23. The van der Waals surface area contributed by atoms with Crippen LogP contribution in [0.1, 0.15) is 5.56 Å². The number of aromatic amines is 2. The van der Waals surface area contributed by atoms with Crippen LogP contribution in [-0.4, -0.2) is 9.97 Å². The summed E-state index contributed by atoms with van der Waals surface area (Å²) in [7, 11) is 0. The van der Waals surface area contributed by atoms with Crippen LogP contribution in [-0.2, 0) is 0 Å². The van der Waals surface area contributed by atoms with E-state index in [4.69, 9.17) is 40.7 Å². The number of hydrogen-bond acceptors (Lipinski definition) is 3. The highest BCUT2D eigenvalue weighted by atomic mass is 35.5. The van der Waals surface area contributed by atoms with Crippen molar-refractivity contribution in [3.63, 3.8) is 0 Å². The number of nitriles is 1. The summed E-state index contributed by atoms with van der Waals surface area (Å²) in [6.45, 7) is 0. The Morgan fingerprint density at radius 3 is 2.61 bits per heavy atom. The van der Waals surface area contributed by atoms with E-state index >= 15 is 0 Å². The summed E-state index contributed by atoms with van der Waals surface area (Å²) >= 11 is 16.8. The number of benzene rings is 1. The van der Waals surface area contributed by atoms with Crippen LogP contribution in [0, 0.1) is 16.0 Å². The van der Waals surface area contributed by atoms with E-state index in [9.17, 15) is 4.79 Å². The molecule has 0 saturated carbocycles. The zero-order chi connectivity index (χ0) is 13.3. The van der Waals surface area contributed by atoms with E-state index in [1.54, 1.807) is 12.1 Å². The summed E-state index contributed by atoms with van der Waals surface area (Å²) in [5.41, 5.74) is 0.441. The normalized spacial score (nSPS) is 10.1. The minimum absolute atomic E-state index is 0.0715. The van der Waals surface area contributed by atoms with Crippen molar-refractivity contribution < 1.29 is 0 Å². The maximum atomic E-state index is 11.4.